The lowest BCUT2D eigenvalue weighted by atomic mass is 9.89. The number of hydrogen-bond donors (Lipinski definition) is 1. The number of hydrogen-bond acceptors (Lipinski definition) is 6. The first-order valence-corrected chi connectivity index (χ1v) is 10.5. The van der Waals surface area contributed by atoms with E-state index >= 15 is 0 Å². The van der Waals surface area contributed by atoms with E-state index < -0.39 is 12.7 Å². The van der Waals surface area contributed by atoms with E-state index in [4.69, 9.17) is 9.72 Å². The van der Waals surface area contributed by atoms with Gasteiger partial charge in [0.1, 0.15) is 12.1 Å². The fourth-order valence-corrected chi connectivity index (χ4v) is 4.11. The van der Waals surface area contributed by atoms with Crippen LogP contribution in [0.5, 0.6) is 0 Å². The first kappa shape index (κ1) is 21.4. The summed E-state index contributed by atoms with van der Waals surface area (Å²) in [6.07, 6.45) is 4.17. The molecule has 0 unspecified atom stereocenters. The summed E-state index contributed by atoms with van der Waals surface area (Å²) in [7, 11) is 3.56. The molecule has 1 saturated carbocycles. The molecule has 4 aromatic rings. The van der Waals surface area contributed by atoms with Crippen LogP contribution in [0.2, 0.25) is 0 Å². The Hall–Kier alpha value is -3.41. The van der Waals surface area contributed by atoms with Crippen molar-refractivity contribution in [2.45, 2.75) is 44.6 Å². The third kappa shape index (κ3) is 4.06. The zero-order valence-electron chi connectivity index (χ0n) is 18.3. The summed E-state index contributed by atoms with van der Waals surface area (Å²) >= 11 is 0. The molecule has 33 heavy (non-hydrogen) atoms. The lowest BCUT2D eigenvalue weighted by molar-refractivity contribution is -0.142. The largest absolute Gasteiger partial charge is 0.408 e. The minimum atomic E-state index is -4.34. The number of rotatable bonds is 6. The third-order valence-corrected chi connectivity index (χ3v) is 5.93. The summed E-state index contributed by atoms with van der Waals surface area (Å²) in [5.74, 6) is 1.68. The summed E-state index contributed by atoms with van der Waals surface area (Å²) in [5.41, 5.74) is 2.70. The Morgan fingerprint density at radius 3 is 2.67 bits per heavy atom. The number of aryl methyl sites for hydroxylation is 2. The Balaban J connectivity index is 1.58. The fourth-order valence-electron chi connectivity index (χ4n) is 4.11. The molecule has 0 saturated heterocycles. The minimum absolute atomic E-state index is 0.201. The van der Waals surface area contributed by atoms with Crippen LogP contribution in [0.25, 0.3) is 28.4 Å². The maximum absolute atomic E-state index is 12.8. The average Bonchev–Trinajstić information content (AvgIpc) is 3.42. The van der Waals surface area contributed by atoms with Crippen molar-refractivity contribution in [3.63, 3.8) is 0 Å². The summed E-state index contributed by atoms with van der Waals surface area (Å²) in [4.78, 5) is 9.11. The molecule has 1 aliphatic carbocycles. The van der Waals surface area contributed by atoms with Gasteiger partial charge in [-0.2, -0.15) is 18.3 Å². The van der Waals surface area contributed by atoms with E-state index in [0.29, 0.717) is 28.7 Å². The molecule has 9 nitrogen and oxygen atoms in total. The summed E-state index contributed by atoms with van der Waals surface area (Å²) in [6, 6.07) is 1.77. The maximum Gasteiger partial charge on any atom is 0.408 e. The van der Waals surface area contributed by atoms with Gasteiger partial charge in [-0.15, -0.1) is 5.10 Å². The highest BCUT2D eigenvalue weighted by Gasteiger charge is 2.31. The second-order valence-corrected chi connectivity index (χ2v) is 8.29. The summed E-state index contributed by atoms with van der Waals surface area (Å²) in [6.45, 7) is 0.749. The third-order valence-electron chi connectivity index (χ3n) is 5.93. The number of fused-ring (bicyclic) bond motifs is 1. The van der Waals surface area contributed by atoms with Gasteiger partial charge in [-0.3, -0.25) is 4.68 Å². The second kappa shape index (κ2) is 7.87. The van der Waals surface area contributed by atoms with Gasteiger partial charge in [-0.25, -0.2) is 14.5 Å². The van der Waals surface area contributed by atoms with Crippen LogP contribution in [0.3, 0.4) is 0 Å². The van der Waals surface area contributed by atoms with Gasteiger partial charge in [0.2, 0.25) is 5.82 Å². The van der Waals surface area contributed by atoms with Gasteiger partial charge in [0.05, 0.1) is 11.8 Å². The number of methoxy groups -OCH3 is 1. The van der Waals surface area contributed by atoms with Crippen molar-refractivity contribution in [1.82, 2.24) is 33.9 Å². The molecule has 0 bridgehead atoms. The zero-order chi connectivity index (χ0) is 23.3. The van der Waals surface area contributed by atoms with Gasteiger partial charge in [-0.05, 0) is 31.4 Å². The van der Waals surface area contributed by atoms with Gasteiger partial charge in [-0.1, -0.05) is 0 Å². The smallest absolute Gasteiger partial charge is 0.381 e. The first-order chi connectivity index (χ1) is 15.7. The molecule has 0 atom stereocenters. The molecule has 1 N–H and O–H groups in total. The van der Waals surface area contributed by atoms with Crippen molar-refractivity contribution in [2.24, 2.45) is 7.05 Å². The van der Waals surface area contributed by atoms with Gasteiger partial charge in [0.25, 0.3) is 0 Å². The quantitative estimate of drug-likeness (QED) is 0.474. The van der Waals surface area contributed by atoms with Crippen LogP contribution >= 0.6 is 0 Å². The van der Waals surface area contributed by atoms with Crippen LogP contribution in [0, 0.1) is 6.92 Å². The Morgan fingerprint density at radius 1 is 1.21 bits per heavy atom. The monoisotopic (exact) mass is 460 g/mol. The number of nitrogens with one attached hydrogen (secondary N) is 1. The molecule has 174 valence electrons. The Kier molecular flexibility index (Phi) is 5.11. The van der Waals surface area contributed by atoms with Crippen molar-refractivity contribution in [3.05, 3.63) is 36.4 Å². The summed E-state index contributed by atoms with van der Waals surface area (Å²) < 4.78 is 48.1. The van der Waals surface area contributed by atoms with Crippen LogP contribution < -0.4 is 5.32 Å². The van der Waals surface area contributed by atoms with Crippen molar-refractivity contribution in [3.8, 4) is 22.9 Å². The predicted octanol–water partition coefficient (Wildman–Crippen LogP) is 3.45. The molecule has 4 heterocycles. The number of alkyl halides is 3. The van der Waals surface area contributed by atoms with Crippen LogP contribution in [-0.4, -0.2) is 59.4 Å². The molecule has 1 aliphatic rings. The van der Waals surface area contributed by atoms with E-state index in [9.17, 15) is 13.2 Å². The molecule has 0 spiro atoms. The van der Waals surface area contributed by atoms with Crippen molar-refractivity contribution in [1.29, 1.82) is 0 Å². The molecule has 0 radical (unpaired) electrons. The maximum atomic E-state index is 12.8. The molecule has 12 heteroatoms. The number of anilines is 1. The van der Waals surface area contributed by atoms with Crippen LogP contribution in [0.4, 0.5) is 19.0 Å². The van der Waals surface area contributed by atoms with Gasteiger partial charge >= 0.3 is 6.18 Å². The van der Waals surface area contributed by atoms with Gasteiger partial charge in [0.15, 0.2) is 11.6 Å². The molecular formula is C21H23F3N8O. The number of halogens is 3. The molecule has 1 fully saturated rings. The molecule has 5 rings (SSSR count). The Morgan fingerprint density at radius 2 is 2.00 bits per heavy atom. The predicted molar refractivity (Wildman–Crippen MR) is 115 cm³/mol. The minimum Gasteiger partial charge on any atom is -0.381 e. The van der Waals surface area contributed by atoms with E-state index in [2.05, 4.69) is 20.5 Å². The Labute approximate surface area is 187 Å². The number of ether oxygens (including phenoxy) is 1. The lowest BCUT2D eigenvalue weighted by Gasteiger charge is -2.35. The molecule has 0 amide bonds. The zero-order valence-corrected chi connectivity index (χ0v) is 18.3. The van der Waals surface area contributed by atoms with Gasteiger partial charge in [0, 0.05) is 50.6 Å². The van der Waals surface area contributed by atoms with E-state index in [-0.39, 0.29) is 12.1 Å². The topological polar surface area (TPSA) is 87.1 Å². The van der Waals surface area contributed by atoms with E-state index in [1.165, 1.54) is 6.20 Å². The van der Waals surface area contributed by atoms with Crippen LogP contribution in [-0.2, 0) is 18.3 Å². The summed E-state index contributed by atoms with van der Waals surface area (Å²) in [5, 5.41) is 12.3. The van der Waals surface area contributed by atoms with E-state index in [0.717, 1.165) is 28.6 Å². The number of aromatic nitrogens is 7. The van der Waals surface area contributed by atoms with Crippen LogP contribution in [0.15, 0.2) is 30.9 Å². The molecule has 0 aliphatic heterocycles. The number of imidazole rings is 1. The standard InChI is InChI=1S/C21H23F3N8O/c1-12-15(16-4-6-31(28-16)11-21(22,23)24)10-32-17(12)18(26-13-8-14(9-13)33-3)27-19(29-32)20-25-5-7-30(20)2/h4-7,10,13-14H,8-9,11H2,1-3H3,(H,26,27,29). The molecular weight excluding hydrogens is 437 g/mol. The molecule has 0 aromatic carbocycles. The SMILES string of the molecule is COC1CC(Nc2nc(-c3nccn3C)nn3cc(-c4ccn(CC(F)(F)F)n4)c(C)c23)C1. The van der Waals surface area contributed by atoms with Crippen LogP contribution in [0.1, 0.15) is 18.4 Å². The first-order valence-electron chi connectivity index (χ1n) is 10.5. The van der Waals surface area contributed by atoms with Crippen molar-refractivity contribution < 1.29 is 17.9 Å². The normalized spacial score (nSPS) is 18.6. The number of nitrogens with zero attached hydrogens (tertiary/aromatic N) is 7. The lowest BCUT2D eigenvalue weighted by Crippen LogP contribution is -2.40. The highest BCUT2D eigenvalue weighted by Crippen LogP contribution is 2.34. The van der Waals surface area contributed by atoms with Gasteiger partial charge < -0.3 is 14.6 Å². The second-order valence-electron chi connectivity index (χ2n) is 8.29. The molecule has 4 aromatic heterocycles. The average molecular weight is 460 g/mol. The Bertz CT molecular complexity index is 1300. The highest BCUT2D eigenvalue weighted by molar-refractivity contribution is 5.82. The highest BCUT2D eigenvalue weighted by atomic mass is 19.4. The fraction of sp³-hybridized carbons (Fsp3) is 0.429. The van der Waals surface area contributed by atoms with Crippen molar-refractivity contribution in [2.75, 3.05) is 12.4 Å². The van der Waals surface area contributed by atoms with E-state index in [1.54, 1.807) is 30.1 Å². The van der Waals surface area contributed by atoms with Crippen molar-refractivity contribution >= 4 is 11.3 Å². The van der Waals surface area contributed by atoms with E-state index in [1.807, 2.05) is 24.7 Å².